The van der Waals surface area contributed by atoms with E-state index in [9.17, 15) is 4.79 Å². The fourth-order valence-electron chi connectivity index (χ4n) is 3.71. The van der Waals surface area contributed by atoms with Crippen LogP contribution in [0.1, 0.15) is 30.4 Å². The van der Waals surface area contributed by atoms with Crippen molar-refractivity contribution in [3.05, 3.63) is 35.4 Å². The van der Waals surface area contributed by atoms with Crippen LogP contribution < -0.4 is 5.32 Å². The Hall–Kier alpha value is -1.55. The van der Waals surface area contributed by atoms with Crippen LogP contribution in [0.4, 0.5) is 4.79 Å². The lowest BCUT2D eigenvalue weighted by Crippen LogP contribution is -2.49. The zero-order chi connectivity index (χ0) is 15.4. The van der Waals surface area contributed by atoms with Crippen LogP contribution in [0.3, 0.4) is 0 Å². The highest BCUT2D eigenvalue weighted by atomic mass is 16.2. The molecule has 0 saturated carbocycles. The molecular weight excluding hydrogens is 274 g/mol. The molecule has 4 nitrogen and oxygen atoms in total. The molecule has 2 heterocycles. The van der Waals surface area contributed by atoms with Crippen molar-refractivity contribution in [2.75, 3.05) is 32.7 Å². The summed E-state index contributed by atoms with van der Waals surface area (Å²) in [6.07, 6.45) is 4.71. The van der Waals surface area contributed by atoms with Crippen molar-refractivity contribution in [2.45, 2.75) is 38.6 Å². The summed E-state index contributed by atoms with van der Waals surface area (Å²) in [6.45, 7) is 7.24. The zero-order valence-corrected chi connectivity index (χ0v) is 13.6. The maximum atomic E-state index is 11.8. The quantitative estimate of drug-likeness (QED) is 0.906. The summed E-state index contributed by atoms with van der Waals surface area (Å²) >= 11 is 0. The largest absolute Gasteiger partial charge is 0.336 e. The predicted octanol–water partition coefficient (Wildman–Crippen LogP) is 2.42. The summed E-state index contributed by atoms with van der Waals surface area (Å²) in [5, 5.41) is 2.92. The molecule has 4 heteroatoms. The van der Waals surface area contributed by atoms with Crippen LogP contribution in [0.5, 0.6) is 0 Å². The first-order valence-corrected chi connectivity index (χ1v) is 8.55. The lowest BCUT2D eigenvalue weighted by molar-refractivity contribution is 0.125. The summed E-state index contributed by atoms with van der Waals surface area (Å²) in [5.41, 5.74) is 2.86. The number of amides is 2. The van der Waals surface area contributed by atoms with Crippen LogP contribution in [0.25, 0.3) is 0 Å². The number of rotatable bonds is 5. The van der Waals surface area contributed by atoms with E-state index >= 15 is 0 Å². The van der Waals surface area contributed by atoms with Crippen molar-refractivity contribution in [3.8, 4) is 0 Å². The van der Waals surface area contributed by atoms with Gasteiger partial charge < -0.3 is 15.1 Å². The lowest BCUT2D eigenvalue weighted by Gasteiger charge is -2.37. The Bertz CT molecular complexity index is 517. The summed E-state index contributed by atoms with van der Waals surface area (Å²) < 4.78 is 0. The van der Waals surface area contributed by atoms with E-state index in [2.05, 4.69) is 41.4 Å². The van der Waals surface area contributed by atoms with Gasteiger partial charge in [-0.2, -0.15) is 0 Å². The summed E-state index contributed by atoms with van der Waals surface area (Å²) in [4.78, 5) is 16.4. The molecule has 0 radical (unpaired) electrons. The molecule has 2 saturated heterocycles. The molecule has 120 valence electrons. The molecular formula is C18H27N3O. The lowest BCUT2D eigenvalue weighted by atomic mass is 10.0. The number of hydrogen-bond donors (Lipinski definition) is 1. The highest BCUT2D eigenvalue weighted by molar-refractivity contribution is 5.76. The molecule has 1 atom stereocenters. The molecule has 0 bridgehead atoms. The third-order valence-electron chi connectivity index (χ3n) is 4.99. The van der Waals surface area contributed by atoms with Gasteiger partial charge in [-0.15, -0.1) is 0 Å². The molecule has 1 N–H and O–H groups in total. The first-order valence-electron chi connectivity index (χ1n) is 8.55. The Morgan fingerprint density at radius 1 is 1.27 bits per heavy atom. The number of piperidine rings is 1. The molecule has 2 amide bonds. The fourth-order valence-corrected chi connectivity index (χ4v) is 3.71. The van der Waals surface area contributed by atoms with Crippen molar-refractivity contribution in [3.63, 3.8) is 0 Å². The van der Waals surface area contributed by atoms with Crippen LogP contribution in [0, 0.1) is 6.92 Å². The van der Waals surface area contributed by atoms with E-state index in [0.29, 0.717) is 6.04 Å². The third kappa shape index (κ3) is 3.61. The number of aryl methyl sites for hydroxylation is 2. The van der Waals surface area contributed by atoms with E-state index in [-0.39, 0.29) is 6.03 Å². The van der Waals surface area contributed by atoms with Gasteiger partial charge in [0.25, 0.3) is 0 Å². The van der Waals surface area contributed by atoms with E-state index in [0.717, 1.165) is 39.0 Å². The second-order valence-electron chi connectivity index (χ2n) is 6.55. The predicted molar refractivity (Wildman–Crippen MR) is 89.1 cm³/mol. The highest BCUT2D eigenvalue weighted by Gasteiger charge is 2.30. The standard InChI is InChI=1S/C18H27N3O/c1-15-6-2-3-7-16(15)8-4-11-20-12-5-9-17(14-20)21-13-10-19-18(21)22/h2-3,6-7,17H,4-5,8-14H2,1H3,(H,19,22). The topological polar surface area (TPSA) is 35.6 Å². The second kappa shape index (κ2) is 7.14. The minimum atomic E-state index is 0.131. The third-order valence-corrected chi connectivity index (χ3v) is 4.99. The van der Waals surface area contributed by atoms with Gasteiger partial charge in [0, 0.05) is 25.7 Å². The molecule has 0 aromatic heterocycles. The molecule has 1 unspecified atom stereocenters. The van der Waals surface area contributed by atoms with Gasteiger partial charge in [0.1, 0.15) is 0 Å². The Labute approximate surface area is 133 Å². The molecule has 1 aromatic carbocycles. The number of hydrogen-bond acceptors (Lipinski definition) is 2. The van der Waals surface area contributed by atoms with Gasteiger partial charge in [-0.25, -0.2) is 4.79 Å². The van der Waals surface area contributed by atoms with E-state index in [4.69, 9.17) is 0 Å². The number of carbonyl (C=O) groups excluding carboxylic acids is 1. The van der Waals surface area contributed by atoms with Crippen molar-refractivity contribution >= 4 is 6.03 Å². The van der Waals surface area contributed by atoms with Crippen molar-refractivity contribution in [2.24, 2.45) is 0 Å². The van der Waals surface area contributed by atoms with E-state index in [1.165, 1.54) is 30.5 Å². The summed E-state index contributed by atoms with van der Waals surface area (Å²) in [6, 6.07) is 9.21. The minimum Gasteiger partial charge on any atom is -0.336 e. The Kier molecular flexibility index (Phi) is 4.98. The maximum absolute atomic E-state index is 11.8. The van der Waals surface area contributed by atoms with Crippen LogP contribution in [-0.4, -0.2) is 54.6 Å². The van der Waals surface area contributed by atoms with E-state index in [1.807, 2.05) is 4.90 Å². The first-order chi connectivity index (χ1) is 10.7. The molecule has 22 heavy (non-hydrogen) atoms. The molecule has 0 aliphatic carbocycles. The average molecular weight is 301 g/mol. The summed E-state index contributed by atoms with van der Waals surface area (Å²) in [7, 11) is 0. The first kappa shape index (κ1) is 15.3. The Morgan fingerprint density at radius 3 is 2.91 bits per heavy atom. The monoisotopic (exact) mass is 301 g/mol. The molecule has 0 spiro atoms. The number of urea groups is 1. The second-order valence-corrected chi connectivity index (χ2v) is 6.55. The highest BCUT2D eigenvalue weighted by Crippen LogP contribution is 2.18. The van der Waals surface area contributed by atoms with E-state index < -0.39 is 0 Å². The number of likely N-dealkylation sites (tertiary alicyclic amines) is 1. The van der Waals surface area contributed by atoms with Crippen molar-refractivity contribution in [1.82, 2.24) is 15.1 Å². The molecule has 2 fully saturated rings. The van der Waals surface area contributed by atoms with Gasteiger partial charge in [-0.3, -0.25) is 0 Å². The summed E-state index contributed by atoms with van der Waals surface area (Å²) in [5.74, 6) is 0. The normalized spacial score (nSPS) is 22.9. The maximum Gasteiger partial charge on any atom is 0.317 e. The van der Waals surface area contributed by atoms with Crippen LogP contribution in [-0.2, 0) is 6.42 Å². The van der Waals surface area contributed by atoms with Crippen molar-refractivity contribution in [1.29, 1.82) is 0 Å². The molecule has 2 aliphatic rings. The number of nitrogens with one attached hydrogen (secondary N) is 1. The SMILES string of the molecule is Cc1ccccc1CCCN1CCCC(N2CCNC2=O)C1. The molecule has 3 rings (SSSR count). The average Bonchev–Trinajstić information content (AvgIpc) is 2.96. The van der Waals surface area contributed by atoms with Gasteiger partial charge in [-0.05, 0) is 56.8 Å². The molecule has 2 aliphatic heterocycles. The smallest absolute Gasteiger partial charge is 0.317 e. The zero-order valence-electron chi connectivity index (χ0n) is 13.6. The van der Waals surface area contributed by atoms with Crippen LogP contribution >= 0.6 is 0 Å². The van der Waals surface area contributed by atoms with Gasteiger partial charge >= 0.3 is 6.03 Å². The number of carbonyl (C=O) groups is 1. The Morgan fingerprint density at radius 2 is 2.14 bits per heavy atom. The van der Waals surface area contributed by atoms with Gasteiger partial charge in [-0.1, -0.05) is 24.3 Å². The van der Waals surface area contributed by atoms with Gasteiger partial charge in [0.05, 0.1) is 0 Å². The number of nitrogens with zero attached hydrogens (tertiary/aromatic N) is 2. The van der Waals surface area contributed by atoms with Crippen molar-refractivity contribution < 1.29 is 4.79 Å². The number of benzene rings is 1. The van der Waals surface area contributed by atoms with Gasteiger partial charge in [0.2, 0.25) is 0 Å². The van der Waals surface area contributed by atoms with Crippen LogP contribution in [0.2, 0.25) is 0 Å². The van der Waals surface area contributed by atoms with Gasteiger partial charge in [0.15, 0.2) is 0 Å². The van der Waals surface area contributed by atoms with E-state index in [1.54, 1.807) is 0 Å². The minimum absolute atomic E-state index is 0.131. The van der Waals surface area contributed by atoms with Crippen LogP contribution in [0.15, 0.2) is 24.3 Å². The Balaban J connectivity index is 1.46. The molecule has 1 aromatic rings. The fraction of sp³-hybridized carbons (Fsp3) is 0.611.